The minimum atomic E-state index is 0.0793. The molecule has 1 unspecified atom stereocenters. The molecule has 0 aromatic carbocycles. The Morgan fingerprint density at radius 2 is 2.27 bits per heavy atom. The molecule has 2 nitrogen and oxygen atoms in total. The summed E-state index contributed by atoms with van der Waals surface area (Å²) >= 11 is 5.98. The highest BCUT2D eigenvalue weighted by Crippen LogP contribution is 2.36. The first kappa shape index (κ1) is 10.7. The smallest absolute Gasteiger partial charge is 0.0713 e. The van der Waals surface area contributed by atoms with E-state index in [0.717, 1.165) is 23.7 Å². The number of nitrogens with zero attached hydrogens (tertiary/aromatic N) is 2. The maximum Gasteiger partial charge on any atom is 0.0713 e. The lowest BCUT2D eigenvalue weighted by Gasteiger charge is -2.34. The lowest BCUT2D eigenvalue weighted by Crippen LogP contribution is -2.43. The summed E-state index contributed by atoms with van der Waals surface area (Å²) in [4.78, 5) is 0. The van der Waals surface area contributed by atoms with Crippen LogP contribution in [0.1, 0.15) is 27.2 Å². The first-order valence-corrected chi connectivity index (χ1v) is 5.85. The van der Waals surface area contributed by atoms with E-state index in [4.69, 9.17) is 11.6 Å². The molecule has 1 aliphatic heterocycles. The molecule has 0 fully saturated rings. The van der Waals surface area contributed by atoms with Crippen molar-refractivity contribution in [3.8, 4) is 0 Å². The third-order valence-corrected chi connectivity index (χ3v) is 3.39. The van der Waals surface area contributed by atoms with Crippen LogP contribution in [0.25, 0.3) is 0 Å². The van der Waals surface area contributed by atoms with Crippen molar-refractivity contribution in [2.45, 2.75) is 32.7 Å². The number of fused-ring (bicyclic) bond motifs is 1. The number of hydrogen-bond acceptors (Lipinski definition) is 2. The van der Waals surface area contributed by atoms with Crippen LogP contribution in [0, 0.1) is 5.92 Å². The highest BCUT2D eigenvalue weighted by Gasteiger charge is 2.42. The van der Waals surface area contributed by atoms with E-state index < -0.39 is 0 Å². The Hall–Kier alpha value is -0.760. The van der Waals surface area contributed by atoms with E-state index in [1.165, 1.54) is 0 Å². The van der Waals surface area contributed by atoms with E-state index in [-0.39, 0.29) is 5.54 Å². The SMILES string of the molecule is CCCN1N=C2C=C(Cl)C=CC2C1(C)C. The molecular formula is C12H17ClN2. The minimum Gasteiger partial charge on any atom is -0.290 e. The van der Waals surface area contributed by atoms with Crippen molar-refractivity contribution in [2.24, 2.45) is 11.0 Å². The normalized spacial score (nSPS) is 27.5. The zero-order chi connectivity index (χ0) is 11.1. The molecule has 0 saturated heterocycles. The second kappa shape index (κ2) is 3.67. The van der Waals surface area contributed by atoms with Gasteiger partial charge in [0.15, 0.2) is 0 Å². The third kappa shape index (κ3) is 1.71. The Kier molecular flexibility index (Phi) is 2.63. The van der Waals surface area contributed by atoms with Gasteiger partial charge in [0.2, 0.25) is 0 Å². The maximum atomic E-state index is 5.98. The molecule has 0 N–H and O–H groups in total. The van der Waals surface area contributed by atoms with Crippen LogP contribution in [0.4, 0.5) is 0 Å². The second-order valence-electron chi connectivity index (χ2n) is 4.67. The monoisotopic (exact) mass is 224 g/mol. The van der Waals surface area contributed by atoms with Crippen LogP contribution in [-0.4, -0.2) is 22.8 Å². The van der Waals surface area contributed by atoms with Crippen LogP contribution in [0.15, 0.2) is 28.4 Å². The summed E-state index contributed by atoms with van der Waals surface area (Å²) in [6, 6.07) is 0. The van der Waals surface area contributed by atoms with Gasteiger partial charge in [-0.15, -0.1) is 0 Å². The Morgan fingerprint density at radius 1 is 1.53 bits per heavy atom. The summed E-state index contributed by atoms with van der Waals surface area (Å²) in [6.45, 7) is 7.66. The van der Waals surface area contributed by atoms with Gasteiger partial charge in [-0.05, 0) is 32.4 Å². The third-order valence-electron chi connectivity index (χ3n) is 3.15. The van der Waals surface area contributed by atoms with Crippen molar-refractivity contribution < 1.29 is 0 Å². The molecule has 0 spiro atoms. The highest BCUT2D eigenvalue weighted by atomic mass is 35.5. The lowest BCUT2D eigenvalue weighted by atomic mass is 9.82. The van der Waals surface area contributed by atoms with Gasteiger partial charge in [-0.2, -0.15) is 5.10 Å². The highest BCUT2D eigenvalue weighted by molar-refractivity contribution is 6.33. The fourth-order valence-electron chi connectivity index (χ4n) is 2.23. The molecule has 2 aliphatic rings. The number of rotatable bonds is 2. The quantitative estimate of drug-likeness (QED) is 0.704. The predicted molar refractivity (Wildman–Crippen MR) is 65.1 cm³/mol. The van der Waals surface area contributed by atoms with Crippen LogP contribution in [0.5, 0.6) is 0 Å². The van der Waals surface area contributed by atoms with Gasteiger partial charge in [0.25, 0.3) is 0 Å². The predicted octanol–water partition coefficient (Wildman–Crippen LogP) is 3.16. The average molecular weight is 225 g/mol. The number of hydrazone groups is 1. The topological polar surface area (TPSA) is 15.6 Å². The van der Waals surface area contributed by atoms with Gasteiger partial charge in [0, 0.05) is 17.5 Å². The van der Waals surface area contributed by atoms with Crippen LogP contribution >= 0.6 is 11.6 Å². The lowest BCUT2D eigenvalue weighted by molar-refractivity contribution is 0.132. The summed E-state index contributed by atoms with van der Waals surface area (Å²) in [5, 5.41) is 7.60. The summed E-state index contributed by atoms with van der Waals surface area (Å²) in [5.41, 5.74) is 1.18. The van der Waals surface area contributed by atoms with Crippen molar-refractivity contribution in [3.63, 3.8) is 0 Å². The van der Waals surface area contributed by atoms with Crippen LogP contribution < -0.4 is 0 Å². The van der Waals surface area contributed by atoms with Gasteiger partial charge in [-0.25, -0.2) is 0 Å². The van der Waals surface area contributed by atoms with Crippen molar-refractivity contribution in [1.29, 1.82) is 0 Å². The molecule has 3 heteroatoms. The molecular weight excluding hydrogens is 208 g/mol. The van der Waals surface area contributed by atoms with Crippen molar-refractivity contribution in [2.75, 3.05) is 6.54 Å². The number of halogens is 1. The molecule has 82 valence electrons. The van der Waals surface area contributed by atoms with E-state index in [9.17, 15) is 0 Å². The first-order valence-electron chi connectivity index (χ1n) is 5.47. The molecule has 1 heterocycles. The van der Waals surface area contributed by atoms with E-state index in [1.807, 2.05) is 12.2 Å². The standard InChI is InChI=1S/C12H17ClN2/c1-4-7-15-12(2,3)10-6-5-9(13)8-11(10)14-15/h5-6,8,10H,4,7H2,1-3H3. The average Bonchev–Trinajstić information content (AvgIpc) is 2.39. The number of hydrogen-bond donors (Lipinski definition) is 0. The Morgan fingerprint density at radius 3 is 2.93 bits per heavy atom. The second-order valence-corrected chi connectivity index (χ2v) is 5.10. The molecule has 0 radical (unpaired) electrons. The van der Waals surface area contributed by atoms with Gasteiger partial charge in [-0.1, -0.05) is 24.6 Å². The van der Waals surface area contributed by atoms with E-state index >= 15 is 0 Å². The van der Waals surface area contributed by atoms with E-state index in [1.54, 1.807) is 0 Å². The van der Waals surface area contributed by atoms with Crippen molar-refractivity contribution in [1.82, 2.24) is 5.01 Å². The Labute approximate surface area is 96.3 Å². The zero-order valence-electron chi connectivity index (χ0n) is 9.50. The molecule has 0 bridgehead atoms. The first-order chi connectivity index (χ1) is 7.05. The molecule has 1 atom stereocenters. The van der Waals surface area contributed by atoms with E-state index in [0.29, 0.717) is 5.92 Å². The van der Waals surface area contributed by atoms with Gasteiger partial charge < -0.3 is 0 Å². The minimum absolute atomic E-state index is 0.0793. The fraction of sp³-hybridized carbons (Fsp3) is 0.583. The molecule has 0 aromatic rings. The van der Waals surface area contributed by atoms with Crippen molar-refractivity contribution >= 4 is 17.3 Å². The van der Waals surface area contributed by atoms with Gasteiger partial charge in [-0.3, -0.25) is 5.01 Å². The molecule has 0 saturated carbocycles. The fourth-order valence-corrected chi connectivity index (χ4v) is 2.42. The summed E-state index contributed by atoms with van der Waals surface area (Å²) < 4.78 is 0. The molecule has 15 heavy (non-hydrogen) atoms. The summed E-state index contributed by atoms with van der Waals surface area (Å²) in [7, 11) is 0. The zero-order valence-corrected chi connectivity index (χ0v) is 10.3. The van der Waals surface area contributed by atoms with Crippen LogP contribution in [0.3, 0.4) is 0 Å². The van der Waals surface area contributed by atoms with Gasteiger partial charge >= 0.3 is 0 Å². The van der Waals surface area contributed by atoms with Crippen LogP contribution in [-0.2, 0) is 0 Å². The molecule has 1 aliphatic carbocycles. The maximum absolute atomic E-state index is 5.98. The molecule has 0 aromatic heterocycles. The summed E-state index contributed by atoms with van der Waals surface area (Å²) in [6.07, 6.45) is 7.23. The molecule has 0 amide bonds. The van der Waals surface area contributed by atoms with E-state index in [2.05, 4.69) is 37.0 Å². The van der Waals surface area contributed by atoms with Crippen molar-refractivity contribution in [3.05, 3.63) is 23.3 Å². The largest absolute Gasteiger partial charge is 0.290 e. The molecule has 2 rings (SSSR count). The van der Waals surface area contributed by atoms with Crippen LogP contribution in [0.2, 0.25) is 0 Å². The Balaban J connectivity index is 2.30. The Bertz CT molecular complexity index is 353. The van der Waals surface area contributed by atoms with Gasteiger partial charge in [0.05, 0.1) is 11.3 Å². The van der Waals surface area contributed by atoms with Gasteiger partial charge in [0.1, 0.15) is 0 Å². The number of allylic oxidation sites excluding steroid dienone is 3. The summed E-state index contributed by atoms with van der Waals surface area (Å²) in [5.74, 6) is 0.381.